The second-order valence-corrected chi connectivity index (χ2v) is 14.1. The Labute approximate surface area is 317 Å². The number of hydrogen-bond donors (Lipinski definition) is 0. The summed E-state index contributed by atoms with van der Waals surface area (Å²) >= 11 is 1.54. The van der Waals surface area contributed by atoms with E-state index in [1.54, 1.807) is 0 Å². The molecule has 0 spiro atoms. The molecule has 0 heterocycles. The minimum atomic E-state index is 0. The van der Waals surface area contributed by atoms with Gasteiger partial charge in [0.15, 0.2) is 0 Å². The SMILES string of the molecule is Cc1ccc2c(c1)[CH]([Zr+2])c1c(C3=CC=CC3)c(C)c(=Cc3ccc(-c4ccccc4)cc3)c(=Cc3ccc(-c4ccccc4)cc3)c1-2.[Cl-].[Cl-]. The third kappa shape index (κ3) is 6.66. The van der Waals surface area contributed by atoms with Crippen LogP contribution in [0.5, 0.6) is 0 Å². The molecular formula is C46H35Cl2Zr. The van der Waals surface area contributed by atoms with Crippen molar-refractivity contribution in [2.75, 3.05) is 0 Å². The molecule has 6 aromatic carbocycles. The van der Waals surface area contributed by atoms with Gasteiger partial charge in [-0.25, -0.2) is 0 Å². The number of aryl methyl sites for hydroxylation is 1. The first-order valence-electron chi connectivity index (χ1n) is 16.4. The minimum absolute atomic E-state index is 0. The predicted octanol–water partition coefficient (Wildman–Crippen LogP) is 4.26. The molecule has 0 aromatic heterocycles. The molecule has 0 saturated heterocycles. The number of hydrogen-bond acceptors (Lipinski definition) is 0. The number of rotatable bonds is 5. The van der Waals surface area contributed by atoms with Crippen LogP contribution in [0.4, 0.5) is 0 Å². The summed E-state index contributed by atoms with van der Waals surface area (Å²) in [6.45, 7) is 4.58. The maximum Gasteiger partial charge on any atom is -1.00 e. The molecule has 1 unspecified atom stereocenters. The van der Waals surface area contributed by atoms with Crippen LogP contribution in [0, 0.1) is 13.8 Å². The van der Waals surface area contributed by atoms with Gasteiger partial charge in [-0.15, -0.1) is 0 Å². The summed E-state index contributed by atoms with van der Waals surface area (Å²) in [5.74, 6) is 0. The van der Waals surface area contributed by atoms with E-state index in [9.17, 15) is 0 Å². The molecule has 6 aromatic rings. The van der Waals surface area contributed by atoms with Crippen molar-refractivity contribution >= 4 is 17.7 Å². The summed E-state index contributed by atoms with van der Waals surface area (Å²) in [6.07, 6.45) is 12.7. The fraction of sp³-hybridized carbons (Fsp3) is 0.0870. The van der Waals surface area contributed by atoms with Gasteiger partial charge in [-0.05, 0) is 0 Å². The van der Waals surface area contributed by atoms with Crippen LogP contribution in [-0.4, -0.2) is 0 Å². The van der Waals surface area contributed by atoms with E-state index in [1.807, 2.05) is 0 Å². The second-order valence-electron chi connectivity index (χ2n) is 12.7. The first kappa shape index (κ1) is 34.9. The van der Waals surface area contributed by atoms with Gasteiger partial charge in [-0.2, -0.15) is 0 Å². The van der Waals surface area contributed by atoms with Crippen LogP contribution < -0.4 is 35.3 Å². The maximum atomic E-state index is 2.44. The van der Waals surface area contributed by atoms with Crippen molar-refractivity contribution in [1.82, 2.24) is 0 Å². The molecular weight excluding hydrogens is 715 g/mol. The Morgan fingerprint density at radius 1 is 0.592 bits per heavy atom. The van der Waals surface area contributed by atoms with Gasteiger partial charge in [0, 0.05) is 0 Å². The Kier molecular flexibility index (Phi) is 10.6. The molecule has 0 fully saturated rings. The molecule has 0 N–H and O–H groups in total. The van der Waals surface area contributed by atoms with Crippen LogP contribution in [0.25, 0.3) is 51.1 Å². The summed E-state index contributed by atoms with van der Waals surface area (Å²) in [4.78, 5) is 0. The first-order chi connectivity index (χ1) is 23.0. The van der Waals surface area contributed by atoms with E-state index in [2.05, 4.69) is 172 Å². The number of halogens is 2. The molecule has 0 aliphatic heterocycles. The quantitative estimate of drug-likeness (QED) is 0.248. The molecule has 0 bridgehead atoms. The van der Waals surface area contributed by atoms with E-state index in [-0.39, 0.29) is 24.8 Å². The van der Waals surface area contributed by atoms with E-state index in [1.165, 1.54) is 113 Å². The molecule has 0 nitrogen and oxygen atoms in total. The van der Waals surface area contributed by atoms with E-state index in [4.69, 9.17) is 0 Å². The zero-order valence-electron chi connectivity index (χ0n) is 27.6. The van der Waals surface area contributed by atoms with Crippen molar-refractivity contribution < 1.29 is 49.5 Å². The van der Waals surface area contributed by atoms with Gasteiger partial charge in [0.25, 0.3) is 0 Å². The van der Waals surface area contributed by atoms with E-state index < -0.39 is 0 Å². The Hall–Kier alpha value is -4.00. The average Bonchev–Trinajstić information content (AvgIpc) is 3.75. The van der Waals surface area contributed by atoms with Crippen LogP contribution in [0.15, 0.2) is 146 Å². The van der Waals surface area contributed by atoms with Crippen molar-refractivity contribution in [3.63, 3.8) is 0 Å². The molecule has 3 heteroatoms. The fourth-order valence-corrected chi connectivity index (χ4v) is 8.64. The summed E-state index contributed by atoms with van der Waals surface area (Å²) in [5.41, 5.74) is 18.8. The monoisotopic (exact) mass is 747 g/mol. The predicted molar refractivity (Wildman–Crippen MR) is 195 cm³/mol. The van der Waals surface area contributed by atoms with Crippen LogP contribution >= 0.6 is 0 Å². The molecule has 2 aliphatic carbocycles. The maximum absolute atomic E-state index is 2.44. The van der Waals surface area contributed by atoms with Gasteiger partial charge in [0.1, 0.15) is 0 Å². The van der Waals surface area contributed by atoms with Gasteiger partial charge < -0.3 is 24.8 Å². The van der Waals surface area contributed by atoms with Crippen LogP contribution in [0.2, 0.25) is 0 Å². The minimum Gasteiger partial charge on any atom is -1.00 e. The van der Waals surface area contributed by atoms with Gasteiger partial charge in [-0.3, -0.25) is 0 Å². The summed E-state index contributed by atoms with van der Waals surface area (Å²) in [7, 11) is 0. The van der Waals surface area contributed by atoms with Crippen LogP contribution in [0.1, 0.15) is 49.0 Å². The third-order valence-electron chi connectivity index (χ3n) is 9.70. The van der Waals surface area contributed by atoms with Crippen molar-refractivity contribution in [1.29, 1.82) is 0 Å². The van der Waals surface area contributed by atoms with Crippen LogP contribution in [0.3, 0.4) is 0 Å². The smallest absolute Gasteiger partial charge is 1.00 e. The largest absolute Gasteiger partial charge is 1.00 e. The van der Waals surface area contributed by atoms with E-state index in [0.29, 0.717) is 3.63 Å². The topological polar surface area (TPSA) is 0 Å². The van der Waals surface area contributed by atoms with Crippen LogP contribution in [-0.2, 0) is 24.7 Å². The molecule has 49 heavy (non-hydrogen) atoms. The first-order valence-corrected chi connectivity index (χ1v) is 17.9. The van der Waals surface area contributed by atoms with Crippen molar-refractivity contribution in [3.05, 3.63) is 195 Å². The van der Waals surface area contributed by atoms with Crippen molar-refractivity contribution in [2.45, 2.75) is 23.9 Å². The molecule has 0 saturated carbocycles. The summed E-state index contributed by atoms with van der Waals surface area (Å²) in [6, 6.07) is 46.5. The van der Waals surface area contributed by atoms with Gasteiger partial charge in [0.2, 0.25) is 0 Å². The zero-order valence-corrected chi connectivity index (χ0v) is 31.5. The molecule has 1 atom stereocenters. The Morgan fingerprint density at radius 2 is 1.12 bits per heavy atom. The number of fused-ring (bicyclic) bond motifs is 3. The fourth-order valence-electron chi connectivity index (χ4n) is 7.35. The zero-order chi connectivity index (χ0) is 31.9. The van der Waals surface area contributed by atoms with E-state index in [0.717, 1.165) is 6.42 Å². The normalized spacial score (nSPS) is 14.9. The van der Waals surface area contributed by atoms with Crippen molar-refractivity contribution in [2.24, 2.45) is 0 Å². The Morgan fingerprint density at radius 3 is 1.65 bits per heavy atom. The van der Waals surface area contributed by atoms with Gasteiger partial charge in [-0.1, -0.05) is 24.3 Å². The summed E-state index contributed by atoms with van der Waals surface area (Å²) < 4.78 is 0.411. The standard InChI is InChI=1S/C46H35.2ClH.Zr/c1-31-17-26-41-40(27-31)30-44-45(39-15-9-10-16-39)32(2)42(28-33-18-22-37(23-19-33)35-11-5-3-6-12-35)43(46(41)44)29-34-20-24-38(25-21-34)36-13-7-4-8-14-36;;;/h3-15,17-30H,16H2,1-2H3;2*1H;/q;;;+2/p-2. The molecule has 237 valence electrons. The number of allylic oxidation sites excluding steroid dienone is 4. The summed E-state index contributed by atoms with van der Waals surface area (Å²) in [5, 5.41) is 2.63. The second kappa shape index (κ2) is 14.9. The molecule has 0 amide bonds. The Bertz CT molecular complexity index is 2320. The average molecular weight is 750 g/mol. The molecule has 2 aliphatic rings. The van der Waals surface area contributed by atoms with E-state index >= 15 is 0 Å². The molecule has 8 rings (SSSR count). The van der Waals surface area contributed by atoms with Gasteiger partial charge >= 0.3 is 270 Å². The third-order valence-corrected chi connectivity index (χ3v) is 11.2. The Balaban J connectivity index is 0.00000208. The van der Waals surface area contributed by atoms with Crippen molar-refractivity contribution in [3.8, 4) is 33.4 Å². The van der Waals surface area contributed by atoms with Gasteiger partial charge in [0.05, 0.1) is 0 Å². The molecule has 0 radical (unpaired) electrons. The number of benzene rings is 6.